The molecule has 0 radical (unpaired) electrons. The number of carboxylic acids is 1. The van der Waals surface area contributed by atoms with Crippen molar-refractivity contribution in [3.05, 3.63) is 0 Å². The van der Waals surface area contributed by atoms with Crippen LogP contribution < -0.4 is 10.6 Å². The lowest BCUT2D eigenvalue weighted by Gasteiger charge is -2.35. The van der Waals surface area contributed by atoms with Gasteiger partial charge < -0.3 is 15.7 Å². The van der Waals surface area contributed by atoms with E-state index in [1.54, 1.807) is 0 Å². The highest BCUT2D eigenvalue weighted by atomic mass is 16.4. The Balaban J connectivity index is 2.08. The number of aliphatic carboxylic acids is 1. The van der Waals surface area contributed by atoms with Gasteiger partial charge in [0.15, 0.2) is 0 Å². The molecule has 2 rings (SSSR count). The molecule has 2 aliphatic rings. The van der Waals surface area contributed by atoms with E-state index in [0.717, 1.165) is 51.5 Å². The van der Waals surface area contributed by atoms with Crippen LogP contribution in [0.5, 0.6) is 0 Å². The molecule has 1 saturated carbocycles. The molecule has 1 heterocycles. The topological polar surface area (TPSA) is 78.4 Å². The monoisotopic (exact) mass is 268 g/mol. The molecule has 0 aromatic carbocycles. The van der Waals surface area contributed by atoms with Crippen LogP contribution in [0.25, 0.3) is 0 Å². The highest BCUT2D eigenvalue weighted by Gasteiger charge is 2.44. The molecule has 3 N–H and O–H groups in total. The normalized spacial score (nSPS) is 29.3. The van der Waals surface area contributed by atoms with Crippen LogP contribution in [0.2, 0.25) is 0 Å². The summed E-state index contributed by atoms with van der Waals surface area (Å²) in [6.45, 7) is 2.88. The fourth-order valence-electron chi connectivity index (χ4n) is 3.51. The summed E-state index contributed by atoms with van der Waals surface area (Å²) in [5.74, 6) is -0.831. The molecule has 0 aromatic heterocycles. The zero-order valence-corrected chi connectivity index (χ0v) is 11.6. The van der Waals surface area contributed by atoms with Crippen molar-refractivity contribution in [1.29, 1.82) is 0 Å². The van der Waals surface area contributed by atoms with Gasteiger partial charge >= 0.3 is 5.97 Å². The summed E-state index contributed by atoms with van der Waals surface area (Å²) in [6, 6.07) is 0. The second-order valence-corrected chi connectivity index (χ2v) is 5.98. The van der Waals surface area contributed by atoms with Crippen molar-refractivity contribution in [3.8, 4) is 0 Å². The van der Waals surface area contributed by atoms with Crippen LogP contribution in [-0.4, -0.2) is 34.6 Å². The van der Waals surface area contributed by atoms with E-state index in [-0.39, 0.29) is 12.3 Å². The lowest BCUT2D eigenvalue weighted by atomic mass is 9.88. The largest absolute Gasteiger partial charge is 0.481 e. The minimum absolute atomic E-state index is 0.00403. The maximum Gasteiger partial charge on any atom is 0.305 e. The SMILES string of the molecule is CCC1(C(=O)NC2(CC(=O)O)CCCC2)CCCN1. The molecular formula is C14H24N2O3. The maximum atomic E-state index is 12.6. The Kier molecular flexibility index (Phi) is 4.13. The minimum atomic E-state index is -0.827. The average molecular weight is 268 g/mol. The van der Waals surface area contributed by atoms with Crippen molar-refractivity contribution in [2.45, 2.75) is 69.4 Å². The fraction of sp³-hybridized carbons (Fsp3) is 0.857. The second-order valence-electron chi connectivity index (χ2n) is 5.98. The molecule has 1 aliphatic heterocycles. The third-order valence-corrected chi connectivity index (χ3v) is 4.71. The minimum Gasteiger partial charge on any atom is -0.481 e. The van der Waals surface area contributed by atoms with E-state index in [1.165, 1.54) is 0 Å². The zero-order chi connectivity index (χ0) is 13.9. The van der Waals surface area contributed by atoms with E-state index in [1.807, 2.05) is 6.92 Å². The van der Waals surface area contributed by atoms with Crippen LogP contribution in [0.4, 0.5) is 0 Å². The Morgan fingerprint density at radius 2 is 1.89 bits per heavy atom. The Labute approximate surface area is 114 Å². The van der Waals surface area contributed by atoms with Crippen LogP contribution in [0, 0.1) is 0 Å². The van der Waals surface area contributed by atoms with Crippen LogP contribution >= 0.6 is 0 Å². The summed E-state index contributed by atoms with van der Waals surface area (Å²) in [6.07, 6.45) is 6.21. The number of carbonyl (C=O) groups is 2. The van der Waals surface area contributed by atoms with Gasteiger partial charge in [-0.25, -0.2) is 0 Å². The Hall–Kier alpha value is -1.10. The number of rotatable bonds is 5. The third kappa shape index (κ3) is 2.91. The summed E-state index contributed by atoms with van der Waals surface area (Å²) >= 11 is 0. The van der Waals surface area contributed by atoms with Crippen LogP contribution in [0.1, 0.15) is 58.3 Å². The Morgan fingerprint density at radius 1 is 1.21 bits per heavy atom. The maximum absolute atomic E-state index is 12.6. The Morgan fingerprint density at radius 3 is 2.37 bits per heavy atom. The van der Waals surface area contributed by atoms with Gasteiger partial charge in [-0.05, 0) is 38.6 Å². The molecule has 1 atom stereocenters. The number of carboxylic acid groups (broad SMARTS) is 1. The van der Waals surface area contributed by atoms with Gasteiger partial charge in [-0.15, -0.1) is 0 Å². The first-order valence-corrected chi connectivity index (χ1v) is 7.31. The smallest absolute Gasteiger partial charge is 0.305 e. The molecule has 0 bridgehead atoms. The van der Waals surface area contributed by atoms with E-state index < -0.39 is 17.0 Å². The molecule has 2 fully saturated rings. The quantitative estimate of drug-likeness (QED) is 0.704. The van der Waals surface area contributed by atoms with Gasteiger partial charge in [-0.2, -0.15) is 0 Å². The van der Waals surface area contributed by atoms with Crippen molar-refractivity contribution in [3.63, 3.8) is 0 Å². The van der Waals surface area contributed by atoms with E-state index in [2.05, 4.69) is 10.6 Å². The standard InChI is InChI=1S/C14H24N2O3/c1-2-14(8-5-9-15-14)12(19)16-13(10-11(17)18)6-3-4-7-13/h15H,2-10H2,1H3,(H,16,19)(H,17,18). The number of hydrogen-bond acceptors (Lipinski definition) is 3. The molecule has 1 saturated heterocycles. The number of carbonyl (C=O) groups excluding carboxylic acids is 1. The molecule has 19 heavy (non-hydrogen) atoms. The number of nitrogens with one attached hydrogen (secondary N) is 2. The highest BCUT2D eigenvalue weighted by molar-refractivity contribution is 5.88. The fourth-order valence-corrected chi connectivity index (χ4v) is 3.51. The first kappa shape index (κ1) is 14.3. The van der Waals surface area contributed by atoms with Gasteiger partial charge in [0.25, 0.3) is 0 Å². The number of hydrogen-bond donors (Lipinski definition) is 3. The van der Waals surface area contributed by atoms with Crippen LogP contribution in [-0.2, 0) is 9.59 Å². The first-order chi connectivity index (χ1) is 9.02. The molecule has 1 unspecified atom stereocenters. The van der Waals surface area contributed by atoms with Crippen molar-refractivity contribution in [1.82, 2.24) is 10.6 Å². The van der Waals surface area contributed by atoms with E-state index >= 15 is 0 Å². The Bertz CT molecular complexity index is 356. The molecule has 1 aliphatic carbocycles. The summed E-state index contributed by atoms with van der Waals surface area (Å²) in [5, 5.41) is 15.5. The molecule has 1 amide bonds. The van der Waals surface area contributed by atoms with Crippen molar-refractivity contribution >= 4 is 11.9 Å². The van der Waals surface area contributed by atoms with Gasteiger partial charge in [0.2, 0.25) is 5.91 Å². The summed E-state index contributed by atoms with van der Waals surface area (Å²) in [7, 11) is 0. The molecule has 0 aromatic rings. The van der Waals surface area contributed by atoms with Crippen molar-refractivity contribution in [2.24, 2.45) is 0 Å². The molecule has 108 valence electrons. The van der Waals surface area contributed by atoms with E-state index in [4.69, 9.17) is 5.11 Å². The summed E-state index contributed by atoms with van der Waals surface area (Å²) in [4.78, 5) is 23.6. The first-order valence-electron chi connectivity index (χ1n) is 7.31. The number of amides is 1. The van der Waals surface area contributed by atoms with Gasteiger partial charge in [0.1, 0.15) is 0 Å². The zero-order valence-electron chi connectivity index (χ0n) is 11.6. The van der Waals surface area contributed by atoms with Gasteiger partial charge in [-0.3, -0.25) is 9.59 Å². The third-order valence-electron chi connectivity index (χ3n) is 4.71. The van der Waals surface area contributed by atoms with E-state index in [0.29, 0.717) is 0 Å². The van der Waals surface area contributed by atoms with Crippen LogP contribution in [0.3, 0.4) is 0 Å². The molecular weight excluding hydrogens is 244 g/mol. The van der Waals surface area contributed by atoms with Gasteiger partial charge in [0.05, 0.1) is 17.5 Å². The predicted octanol–water partition coefficient (Wildman–Crippen LogP) is 1.42. The molecule has 0 spiro atoms. The molecule has 5 heteroatoms. The van der Waals surface area contributed by atoms with Crippen molar-refractivity contribution < 1.29 is 14.7 Å². The summed E-state index contributed by atoms with van der Waals surface area (Å²) < 4.78 is 0. The lowest BCUT2D eigenvalue weighted by molar-refractivity contribution is -0.139. The summed E-state index contributed by atoms with van der Waals surface area (Å²) in [5.41, 5.74) is -0.997. The average Bonchev–Trinajstić information content (AvgIpc) is 2.98. The van der Waals surface area contributed by atoms with Gasteiger partial charge in [0, 0.05) is 0 Å². The van der Waals surface area contributed by atoms with E-state index in [9.17, 15) is 9.59 Å². The van der Waals surface area contributed by atoms with Crippen LogP contribution in [0.15, 0.2) is 0 Å². The second kappa shape index (κ2) is 5.49. The predicted molar refractivity (Wildman–Crippen MR) is 71.9 cm³/mol. The van der Waals surface area contributed by atoms with Gasteiger partial charge in [-0.1, -0.05) is 19.8 Å². The van der Waals surface area contributed by atoms with Crippen molar-refractivity contribution in [2.75, 3.05) is 6.54 Å². The molecule has 5 nitrogen and oxygen atoms in total. The lowest BCUT2D eigenvalue weighted by Crippen LogP contribution is -2.59. The highest BCUT2D eigenvalue weighted by Crippen LogP contribution is 2.34.